The fourth-order valence-corrected chi connectivity index (χ4v) is 4.79. The van der Waals surface area contributed by atoms with Gasteiger partial charge in [-0.2, -0.15) is 0 Å². The van der Waals surface area contributed by atoms with Crippen LogP contribution in [0.25, 0.3) is 0 Å². The van der Waals surface area contributed by atoms with E-state index in [0.717, 1.165) is 38.6 Å². The summed E-state index contributed by atoms with van der Waals surface area (Å²) in [5.74, 6) is 0. The highest BCUT2D eigenvalue weighted by molar-refractivity contribution is 7.47. The number of phosphoric ester groups is 1. The van der Waals surface area contributed by atoms with Crippen LogP contribution in [-0.2, 0) is 13.6 Å². The Bertz CT molecular complexity index is 583. The van der Waals surface area contributed by atoms with E-state index in [1.165, 1.54) is 70.6 Å². The van der Waals surface area contributed by atoms with Crippen LogP contribution < -0.4 is 5.32 Å². The average Bonchev–Trinajstić information content (AvgIpc) is 2.82. The Morgan fingerprint density at radius 2 is 1.32 bits per heavy atom. The quantitative estimate of drug-likeness (QED) is 0.0443. The molecule has 0 saturated carbocycles. The number of hydrogen-bond donors (Lipinski definition) is 3. The zero-order valence-electron chi connectivity index (χ0n) is 25.0. The lowest BCUT2D eigenvalue weighted by Gasteiger charge is -2.25. The lowest BCUT2D eigenvalue weighted by Crippen LogP contribution is -2.43. The van der Waals surface area contributed by atoms with Crippen LogP contribution in [0.15, 0.2) is 12.2 Å². The third-order valence-corrected chi connectivity index (χ3v) is 7.57. The fourth-order valence-electron chi connectivity index (χ4n) is 4.06. The largest absolute Gasteiger partial charge is 0.472 e. The highest BCUT2D eigenvalue weighted by atomic mass is 31.2. The summed E-state index contributed by atoms with van der Waals surface area (Å²) in [5.41, 5.74) is 0. The monoisotopic (exact) mass is 549 g/mol. The summed E-state index contributed by atoms with van der Waals surface area (Å²) < 4.78 is 23.3. The van der Waals surface area contributed by atoms with Crippen molar-refractivity contribution in [1.29, 1.82) is 0 Å². The predicted molar refractivity (Wildman–Crippen MR) is 157 cm³/mol. The molecular weight excluding hydrogens is 487 g/mol. The number of nitrogens with zero attached hydrogens (tertiary/aromatic N) is 1. The van der Waals surface area contributed by atoms with E-state index in [1.54, 1.807) is 6.08 Å². The van der Waals surface area contributed by atoms with E-state index < -0.39 is 20.0 Å². The van der Waals surface area contributed by atoms with Crippen molar-refractivity contribution < 1.29 is 28.1 Å². The Kier molecular flexibility index (Phi) is 23.4. The number of allylic oxidation sites excluding steroid dienone is 1. The van der Waals surface area contributed by atoms with Gasteiger partial charge in [-0.15, -0.1) is 0 Å². The molecule has 37 heavy (non-hydrogen) atoms. The van der Waals surface area contributed by atoms with Gasteiger partial charge in [0.15, 0.2) is 0 Å². The van der Waals surface area contributed by atoms with E-state index >= 15 is 0 Å². The van der Waals surface area contributed by atoms with Gasteiger partial charge in [-0.1, -0.05) is 109 Å². The number of nitrogens with one attached hydrogen (secondary N) is 1. The van der Waals surface area contributed by atoms with Gasteiger partial charge in [0.05, 0.1) is 39.9 Å². The number of phosphoric acid groups is 1. The fraction of sp³-hybridized carbons (Fsp3) is 0.931. The van der Waals surface area contributed by atoms with Gasteiger partial charge in [0.2, 0.25) is 0 Å². The SMILES string of the molecule is CCCCCCCCCCCCC/C=C/C(O)C(COP(=O)(O)OCC[N+](C)(C)C)NCCCCCC. The molecule has 0 bridgehead atoms. The third kappa shape index (κ3) is 25.8. The van der Waals surface area contributed by atoms with Crippen LogP contribution >= 0.6 is 7.82 Å². The van der Waals surface area contributed by atoms with Gasteiger partial charge in [0.1, 0.15) is 13.2 Å². The molecular formula is C29H62N2O5P+. The van der Waals surface area contributed by atoms with E-state index in [9.17, 15) is 14.6 Å². The number of quaternary nitrogens is 1. The molecule has 0 fully saturated rings. The van der Waals surface area contributed by atoms with Gasteiger partial charge in [0.25, 0.3) is 0 Å². The molecule has 0 aromatic heterocycles. The van der Waals surface area contributed by atoms with Crippen LogP contribution in [-0.4, -0.2) is 74.1 Å². The van der Waals surface area contributed by atoms with Gasteiger partial charge in [0, 0.05) is 0 Å². The Hall–Kier alpha value is -0.270. The van der Waals surface area contributed by atoms with Crippen LogP contribution in [0.3, 0.4) is 0 Å². The molecule has 0 aliphatic rings. The van der Waals surface area contributed by atoms with Crippen LogP contribution in [0.4, 0.5) is 0 Å². The molecule has 7 nitrogen and oxygen atoms in total. The zero-order valence-corrected chi connectivity index (χ0v) is 25.9. The first kappa shape index (κ1) is 36.7. The predicted octanol–water partition coefficient (Wildman–Crippen LogP) is 6.98. The van der Waals surface area contributed by atoms with Crippen molar-refractivity contribution in [3.05, 3.63) is 12.2 Å². The van der Waals surface area contributed by atoms with Gasteiger partial charge >= 0.3 is 7.82 Å². The minimum Gasteiger partial charge on any atom is -0.387 e. The number of hydrogen-bond acceptors (Lipinski definition) is 5. The first-order chi connectivity index (χ1) is 17.6. The van der Waals surface area contributed by atoms with Crippen molar-refractivity contribution >= 4 is 7.82 Å². The normalized spacial score (nSPS) is 15.8. The maximum Gasteiger partial charge on any atom is 0.472 e. The van der Waals surface area contributed by atoms with Crippen LogP contribution in [0.1, 0.15) is 117 Å². The Labute approximate surface area is 229 Å². The Balaban J connectivity index is 4.33. The summed E-state index contributed by atoms with van der Waals surface area (Å²) in [7, 11) is 1.80. The molecule has 0 heterocycles. The summed E-state index contributed by atoms with van der Waals surface area (Å²) in [6.07, 6.45) is 22.9. The topological polar surface area (TPSA) is 88.0 Å². The lowest BCUT2D eigenvalue weighted by molar-refractivity contribution is -0.870. The lowest BCUT2D eigenvalue weighted by atomic mass is 10.0. The van der Waals surface area contributed by atoms with Gasteiger partial charge in [-0.25, -0.2) is 4.57 Å². The van der Waals surface area contributed by atoms with Gasteiger partial charge in [-0.05, 0) is 25.8 Å². The van der Waals surface area contributed by atoms with Crippen molar-refractivity contribution in [2.24, 2.45) is 0 Å². The average molecular weight is 550 g/mol. The first-order valence-corrected chi connectivity index (χ1v) is 16.6. The molecule has 0 aliphatic heterocycles. The Morgan fingerprint density at radius 3 is 1.86 bits per heavy atom. The molecule has 0 radical (unpaired) electrons. The smallest absolute Gasteiger partial charge is 0.387 e. The first-order valence-electron chi connectivity index (χ1n) is 15.1. The summed E-state index contributed by atoms with van der Waals surface area (Å²) in [4.78, 5) is 10.1. The molecule has 3 atom stereocenters. The van der Waals surface area contributed by atoms with Gasteiger partial charge < -0.3 is 19.8 Å². The molecule has 0 spiro atoms. The van der Waals surface area contributed by atoms with E-state index in [4.69, 9.17) is 9.05 Å². The van der Waals surface area contributed by atoms with Crippen molar-refractivity contribution in [1.82, 2.24) is 5.32 Å². The van der Waals surface area contributed by atoms with Crippen LogP contribution in [0.5, 0.6) is 0 Å². The molecule has 8 heteroatoms. The standard InChI is InChI=1S/C29H61N2O5P/c1-6-8-10-12-13-14-15-16-17-18-19-20-21-23-29(32)28(30-24-22-11-9-7-2)27-36-37(33,34)35-26-25-31(3,4)5/h21,23,28-30,32H,6-20,22,24-27H2,1-5H3/p+1/b23-21+. The number of rotatable bonds is 27. The minimum absolute atomic E-state index is 0.0874. The van der Waals surface area contributed by atoms with E-state index in [0.29, 0.717) is 11.0 Å². The molecule has 0 rings (SSSR count). The maximum atomic E-state index is 12.3. The van der Waals surface area contributed by atoms with E-state index in [1.807, 2.05) is 27.2 Å². The molecule has 0 saturated heterocycles. The molecule has 0 amide bonds. The van der Waals surface area contributed by atoms with Crippen LogP contribution in [0.2, 0.25) is 0 Å². The molecule has 3 N–H and O–H groups in total. The highest BCUT2D eigenvalue weighted by Crippen LogP contribution is 2.43. The number of aliphatic hydroxyl groups is 1. The molecule has 0 aliphatic carbocycles. The third-order valence-electron chi connectivity index (χ3n) is 6.59. The van der Waals surface area contributed by atoms with E-state index in [-0.39, 0.29) is 13.2 Å². The summed E-state index contributed by atoms with van der Waals surface area (Å²) in [6, 6.07) is -0.460. The number of likely N-dealkylation sites (N-methyl/N-ethyl adjacent to an activating group) is 1. The minimum atomic E-state index is -4.17. The summed E-state index contributed by atoms with van der Waals surface area (Å²) in [6.45, 7) is 5.80. The number of aliphatic hydroxyl groups excluding tert-OH is 1. The van der Waals surface area contributed by atoms with Gasteiger partial charge in [-0.3, -0.25) is 9.05 Å². The molecule has 222 valence electrons. The summed E-state index contributed by atoms with van der Waals surface area (Å²) >= 11 is 0. The second kappa shape index (κ2) is 23.6. The van der Waals surface area contributed by atoms with E-state index in [2.05, 4.69) is 19.2 Å². The second-order valence-electron chi connectivity index (χ2n) is 11.5. The Morgan fingerprint density at radius 1 is 0.811 bits per heavy atom. The van der Waals surface area contributed by atoms with Crippen molar-refractivity contribution in [2.45, 2.75) is 129 Å². The molecule has 0 aromatic carbocycles. The van der Waals surface area contributed by atoms with Crippen LogP contribution in [0, 0.1) is 0 Å². The maximum absolute atomic E-state index is 12.3. The molecule has 3 unspecified atom stereocenters. The van der Waals surface area contributed by atoms with Crippen molar-refractivity contribution in [3.8, 4) is 0 Å². The van der Waals surface area contributed by atoms with Crippen molar-refractivity contribution in [2.75, 3.05) is 47.4 Å². The zero-order chi connectivity index (χ0) is 27.8. The molecule has 0 aromatic rings. The number of unbranched alkanes of at least 4 members (excludes halogenated alkanes) is 14. The summed E-state index contributed by atoms with van der Waals surface area (Å²) in [5, 5.41) is 14.0. The van der Waals surface area contributed by atoms with Crippen molar-refractivity contribution in [3.63, 3.8) is 0 Å². The second-order valence-corrected chi connectivity index (χ2v) is 12.9. The highest BCUT2D eigenvalue weighted by Gasteiger charge is 2.26.